The van der Waals surface area contributed by atoms with Crippen LogP contribution in [0, 0.1) is 13.8 Å². The van der Waals surface area contributed by atoms with E-state index in [4.69, 9.17) is 9.47 Å². The molecule has 0 bridgehead atoms. The molecule has 1 heterocycles. The second kappa shape index (κ2) is 10.1. The first-order chi connectivity index (χ1) is 16.8. The molecule has 8 heteroatoms. The summed E-state index contributed by atoms with van der Waals surface area (Å²) < 4.78 is 12.2. The molecule has 0 aromatic heterocycles. The Hall–Kier alpha value is -3.91. The summed E-state index contributed by atoms with van der Waals surface area (Å²) in [5.74, 6) is -0.488. The average Bonchev–Trinajstić information content (AvgIpc) is 2.82. The quantitative estimate of drug-likeness (QED) is 0.341. The zero-order valence-electron chi connectivity index (χ0n) is 19.4. The van der Waals surface area contributed by atoms with Gasteiger partial charge in [0, 0.05) is 4.47 Å². The molecule has 0 radical (unpaired) electrons. The highest BCUT2D eigenvalue weighted by atomic mass is 79.9. The van der Waals surface area contributed by atoms with E-state index in [1.807, 2.05) is 31.2 Å². The second-order valence-corrected chi connectivity index (χ2v) is 8.99. The van der Waals surface area contributed by atoms with Gasteiger partial charge in [-0.15, -0.1) is 0 Å². The van der Waals surface area contributed by atoms with Crippen LogP contribution in [-0.2, 0) is 16.2 Å². The molecule has 1 N–H and O–H groups in total. The molecule has 0 unspecified atom stereocenters. The van der Waals surface area contributed by atoms with E-state index in [1.165, 1.54) is 13.2 Å². The molecule has 3 aromatic carbocycles. The van der Waals surface area contributed by atoms with Crippen LogP contribution in [0.1, 0.15) is 22.3 Å². The Bertz CT molecular complexity index is 1370. The van der Waals surface area contributed by atoms with Crippen molar-refractivity contribution in [2.75, 3.05) is 12.0 Å². The number of methoxy groups -OCH3 is 1. The molecule has 4 rings (SSSR count). The third-order valence-corrected chi connectivity index (χ3v) is 5.97. The van der Waals surface area contributed by atoms with Crippen LogP contribution in [0.2, 0.25) is 0 Å². The lowest BCUT2D eigenvalue weighted by atomic mass is 10.1. The monoisotopic (exact) mass is 534 g/mol. The van der Waals surface area contributed by atoms with Crippen LogP contribution in [0.25, 0.3) is 6.08 Å². The lowest BCUT2D eigenvalue weighted by Gasteiger charge is -2.27. The summed E-state index contributed by atoms with van der Waals surface area (Å²) in [6.45, 7) is 4.16. The number of carbonyl (C=O) groups is 3. The standard InChI is InChI=1S/C27H23BrN2O5/c1-16-5-4-6-19(11-16)15-35-23-10-7-18(14-24(23)34-3)13-21-25(31)29-27(33)30(26(21)32)22-9-8-20(28)12-17(22)2/h4-14H,15H2,1-3H3,(H,29,31,33)/b21-13-. The number of imide groups is 2. The first kappa shape index (κ1) is 24.2. The molecular weight excluding hydrogens is 512 g/mol. The number of carbonyl (C=O) groups excluding carboxylic acids is 3. The predicted molar refractivity (Wildman–Crippen MR) is 136 cm³/mol. The predicted octanol–water partition coefficient (Wildman–Crippen LogP) is 5.32. The van der Waals surface area contributed by atoms with Crippen LogP contribution in [0.3, 0.4) is 0 Å². The zero-order chi connectivity index (χ0) is 25.1. The molecular formula is C27H23BrN2O5. The fraction of sp³-hybridized carbons (Fsp3) is 0.148. The minimum Gasteiger partial charge on any atom is -0.493 e. The van der Waals surface area contributed by atoms with Gasteiger partial charge < -0.3 is 9.47 Å². The molecule has 0 spiro atoms. The number of nitrogens with one attached hydrogen (secondary N) is 1. The fourth-order valence-electron chi connectivity index (χ4n) is 3.77. The molecule has 0 aliphatic carbocycles. The molecule has 4 amide bonds. The summed E-state index contributed by atoms with van der Waals surface area (Å²) in [6.07, 6.45) is 1.43. The molecule has 0 atom stereocenters. The van der Waals surface area contributed by atoms with Crippen LogP contribution >= 0.6 is 15.9 Å². The van der Waals surface area contributed by atoms with E-state index in [9.17, 15) is 14.4 Å². The number of amides is 4. The molecule has 178 valence electrons. The van der Waals surface area contributed by atoms with Crippen LogP contribution < -0.4 is 19.7 Å². The van der Waals surface area contributed by atoms with Crippen molar-refractivity contribution in [3.8, 4) is 11.5 Å². The summed E-state index contributed by atoms with van der Waals surface area (Å²) in [6, 6.07) is 17.5. The van der Waals surface area contributed by atoms with Crippen molar-refractivity contribution < 1.29 is 23.9 Å². The minimum absolute atomic E-state index is 0.164. The van der Waals surface area contributed by atoms with Crippen molar-refractivity contribution >= 4 is 45.5 Å². The van der Waals surface area contributed by atoms with E-state index in [0.29, 0.717) is 34.9 Å². The third kappa shape index (κ3) is 5.27. The van der Waals surface area contributed by atoms with Crippen LogP contribution in [0.4, 0.5) is 10.5 Å². The Labute approximate surface area is 211 Å². The Morgan fingerprint density at radius 3 is 2.49 bits per heavy atom. The van der Waals surface area contributed by atoms with E-state index >= 15 is 0 Å². The number of hydrogen-bond acceptors (Lipinski definition) is 5. The van der Waals surface area contributed by atoms with Crippen molar-refractivity contribution in [3.63, 3.8) is 0 Å². The van der Waals surface area contributed by atoms with E-state index in [2.05, 4.69) is 21.2 Å². The molecule has 1 aliphatic heterocycles. The summed E-state index contributed by atoms with van der Waals surface area (Å²) in [5, 5.41) is 2.24. The summed E-state index contributed by atoms with van der Waals surface area (Å²) >= 11 is 3.37. The van der Waals surface area contributed by atoms with E-state index < -0.39 is 17.8 Å². The number of urea groups is 1. The average molecular weight is 535 g/mol. The highest BCUT2D eigenvalue weighted by Crippen LogP contribution is 2.31. The molecule has 3 aromatic rings. The Morgan fingerprint density at radius 1 is 0.971 bits per heavy atom. The summed E-state index contributed by atoms with van der Waals surface area (Å²) in [7, 11) is 1.51. The number of aryl methyl sites for hydroxylation is 2. The van der Waals surface area contributed by atoms with Gasteiger partial charge in [-0.05, 0) is 66.9 Å². The molecule has 0 saturated carbocycles. The Kier molecular flexibility index (Phi) is 7.02. The lowest BCUT2D eigenvalue weighted by Crippen LogP contribution is -2.54. The van der Waals surface area contributed by atoms with Crippen LogP contribution in [0.5, 0.6) is 11.5 Å². The van der Waals surface area contributed by atoms with E-state index in [1.54, 1.807) is 43.3 Å². The van der Waals surface area contributed by atoms with E-state index in [-0.39, 0.29) is 5.57 Å². The topological polar surface area (TPSA) is 84.9 Å². The molecule has 1 aliphatic rings. The normalized spacial score (nSPS) is 14.8. The van der Waals surface area contributed by atoms with E-state index in [0.717, 1.165) is 20.5 Å². The van der Waals surface area contributed by atoms with Gasteiger partial charge in [0.05, 0.1) is 12.8 Å². The number of benzene rings is 3. The van der Waals surface area contributed by atoms with Gasteiger partial charge in [-0.1, -0.05) is 51.8 Å². The summed E-state index contributed by atoms with van der Waals surface area (Å²) in [5.41, 5.74) is 3.64. The van der Waals surface area contributed by atoms with Gasteiger partial charge in [-0.3, -0.25) is 14.9 Å². The molecule has 35 heavy (non-hydrogen) atoms. The van der Waals surface area contributed by atoms with Crippen LogP contribution in [-0.4, -0.2) is 25.0 Å². The molecule has 7 nitrogen and oxygen atoms in total. The molecule has 1 fully saturated rings. The third-order valence-electron chi connectivity index (χ3n) is 5.48. The highest BCUT2D eigenvalue weighted by Gasteiger charge is 2.37. The number of halogens is 1. The number of barbiturate groups is 1. The maximum absolute atomic E-state index is 13.2. The number of nitrogens with zero attached hydrogens (tertiary/aromatic N) is 1. The number of rotatable bonds is 6. The van der Waals surface area contributed by atoms with Gasteiger partial charge in [0.1, 0.15) is 12.2 Å². The van der Waals surface area contributed by atoms with Crippen molar-refractivity contribution in [1.82, 2.24) is 5.32 Å². The number of hydrogen-bond donors (Lipinski definition) is 1. The van der Waals surface area contributed by atoms with Crippen molar-refractivity contribution in [2.45, 2.75) is 20.5 Å². The lowest BCUT2D eigenvalue weighted by molar-refractivity contribution is -0.122. The number of ether oxygens (including phenoxy) is 2. The maximum atomic E-state index is 13.2. The van der Waals surface area contributed by atoms with Crippen molar-refractivity contribution in [2.24, 2.45) is 0 Å². The first-order valence-electron chi connectivity index (χ1n) is 10.8. The van der Waals surface area contributed by atoms with Gasteiger partial charge in [0.2, 0.25) is 0 Å². The highest BCUT2D eigenvalue weighted by molar-refractivity contribution is 9.10. The van der Waals surface area contributed by atoms with Gasteiger partial charge in [0.25, 0.3) is 11.8 Å². The van der Waals surface area contributed by atoms with Crippen LogP contribution in [0.15, 0.2) is 70.7 Å². The Balaban J connectivity index is 1.61. The Morgan fingerprint density at radius 2 is 1.77 bits per heavy atom. The zero-order valence-corrected chi connectivity index (χ0v) is 21.0. The van der Waals surface area contributed by atoms with Gasteiger partial charge >= 0.3 is 6.03 Å². The smallest absolute Gasteiger partial charge is 0.335 e. The molecule has 1 saturated heterocycles. The summed E-state index contributed by atoms with van der Waals surface area (Å²) in [4.78, 5) is 39.2. The van der Waals surface area contributed by atoms with Gasteiger partial charge in [-0.25, -0.2) is 9.69 Å². The first-order valence-corrected chi connectivity index (χ1v) is 11.6. The van der Waals surface area contributed by atoms with Gasteiger partial charge in [0.15, 0.2) is 11.5 Å². The largest absolute Gasteiger partial charge is 0.493 e. The maximum Gasteiger partial charge on any atom is 0.335 e. The number of anilines is 1. The second-order valence-electron chi connectivity index (χ2n) is 8.08. The van der Waals surface area contributed by atoms with Crippen molar-refractivity contribution in [3.05, 3.63) is 93.0 Å². The van der Waals surface area contributed by atoms with Gasteiger partial charge in [-0.2, -0.15) is 0 Å². The minimum atomic E-state index is -0.792. The van der Waals surface area contributed by atoms with Crippen molar-refractivity contribution in [1.29, 1.82) is 0 Å². The SMILES string of the molecule is COc1cc(/C=C2/C(=O)NC(=O)N(c3ccc(Br)cc3C)C2=O)ccc1OCc1cccc(C)c1. The fourth-order valence-corrected chi connectivity index (χ4v) is 4.24.